The Morgan fingerprint density at radius 1 is 1.28 bits per heavy atom. The predicted molar refractivity (Wildman–Crippen MR) is 57.0 cm³/mol. The molecule has 4 nitrogen and oxygen atoms in total. The molecule has 0 bridgehead atoms. The van der Waals surface area contributed by atoms with E-state index in [1.54, 1.807) is 0 Å². The van der Waals surface area contributed by atoms with Gasteiger partial charge < -0.3 is 10.4 Å². The molecule has 0 amide bonds. The van der Waals surface area contributed by atoms with Gasteiger partial charge in [0.25, 0.3) is 0 Å². The summed E-state index contributed by atoms with van der Waals surface area (Å²) in [5, 5.41) is 10.5. The van der Waals surface area contributed by atoms with Crippen molar-refractivity contribution in [3.63, 3.8) is 0 Å². The van der Waals surface area contributed by atoms with E-state index in [4.69, 9.17) is 9.90 Å². The lowest BCUT2D eigenvalue weighted by molar-refractivity contribution is -0.192. The van der Waals surface area contributed by atoms with Crippen molar-refractivity contribution in [3.05, 3.63) is 0 Å². The highest BCUT2D eigenvalue weighted by Gasteiger charge is 2.38. The molecule has 1 saturated heterocycles. The number of Topliss-reactive ketones (excluding diaryl/α,β-unsaturated/α-hetero) is 1. The Kier molecular flexibility index (Phi) is 5.13. The monoisotopic (exact) mass is 267 g/mol. The molecule has 104 valence electrons. The average molecular weight is 267 g/mol. The Hall–Kier alpha value is -1.11. The van der Waals surface area contributed by atoms with E-state index in [9.17, 15) is 18.0 Å². The smallest absolute Gasteiger partial charge is 0.475 e. The number of fused-ring (bicyclic) bond motifs is 1. The number of hydrogen-bond donors (Lipinski definition) is 2. The van der Waals surface area contributed by atoms with Crippen LogP contribution in [0.3, 0.4) is 0 Å². The van der Waals surface area contributed by atoms with Crippen molar-refractivity contribution in [1.29, 1.82) is 0 Å². The van der Waals surface area contributed by atoms with Crippen LogP contribution in [-0.2, 0) is 9.59 Å². The SMILES string of the molecule is O=C(O)C(F)(F)F.O=C1CC[C@H]2CCNC[C@H]2C1. The number of rotatable bonds is 0. The summed E-state index contributed by atoms with van der Waals surface area (Å²) in [6, 6.07) is 0. The second-order valence-corrected chi connectivity index (χ2v) is 4.60. The van der Waals surface area contributed by atoms with Crippen LogP contribution in [0.2, 0.25) is 0 Å². The fraction of sp³-hybridized carbons (Fsp3) is 0.818. The van der Waals surface area contributed by atoms with Gasteiger partial charge in [0.05, 0.1) is 0 Å². The summed E-state index contributed by atoms with van der Waals surface area (Å²) < 4.78 is 31.7. The number of alkyl halides is 3. The summed E-state index contributed by atoms with van der Waals surface area (Å²) in [4.78, 5) is 20.0. The van der Waals surface area contributed by atoms with E-state index in [-0.39, 0.29) is 0 Å². The molecular formula is C11H16F3NO3. The molecule has 2 fully saturated rings. The van der Waals surface area contributed by atoms with Crippen molar-refractivity contribution in [2.75, 3.05) is 13.1 Å². The second-order valence-electron chi connectivity index (χ2n) is 4.60. The van der Waals surface area contributed by atoms with Gasteiger partial charge in [0.15, 0.2) is 0 Å². The summed E-state index contributed by atoms with van der Waals surface area (Å²) in [5.74, 6) is -0.749. The standard InChI is InChI=1S/C9H15NO.C2HF3O2/c11-9-2-1-7-3-4-10-6-8(7)5-9;3-2(4,5)1(6)7/h7-8,10H,1-6H2;(H,6,7)/t7-,8+;/m0./s1. The third kappa shape index (κ3) is 4.64. The van der Waals surface area contributed by atoms with Gasteiger partial charge in [0.1, 0.15) is 5.78 Å². The van der Waals surface area contributed by atoms with Crippen molar-refractivity contribution >= 4 is 11.8 Å². The van der Waals surface area contributed by atoms with E-state index in [0.717, 1.165) is 38.3 Å². The van der Waals surface area contributed by atoms with Crippen LogP contribution < -0.4 is 5.32 Å². The molecule has 0 aromatic carbocycles. The fourth-order valence-corrected chi connectivity index (χ4v) is 2.34. The molecular weight excluding hydrogens is 251 g/mol. The zero-order valence-electron chi connectivity index (χ0n) is 9.79. The summed E-state index contributed by atoms with van der Waals surface area (Å²) >= 11 is 0. The van der Waals surface area contributed by atoms with Gasteiger partial charge in [-0.15, -0.1) is 0 Å². The maximum Gasteiger partial charge on any atom is 0.490 e. The first-order valence-electron chi connectivity index (χ1n) is 5.83. The number of ketones is 1. The normalized spacial score (nSPS) is 27.8. The van der Waals surface area contributed by atoms with Crippen molar-refractivity contribution in [3.8, 4) is 0 Å². The van der Waals surface area contributed by atoms with Crippen molar-refractivity contribution in [2.24, 2.45) is 11.8 Å². The average Bonchev–Trinajstić information content (AvgIpc) is 2.28. The molecule has 2 atom stereocenters. The highest BCUT2D eigenvalue weighted by Crippen LogP contribution is 2.31. The molecule has 1 heterocycles. The molecule has 0 unspecified atom stereocenters. The van der Waals surface area contributed by atoms with Crippen LogP contribution in [0, 0.1) is 11.8 Å². The number of carboxylic acid groups (broad SMARTS) is 1. The van der Waals surface area contributed by atoms with Crippen LogP contribution in [0.5, 0.6) is 0 Å². The fourth-order valence-electron chi connectivity index (χ4n) is 2.34. The molecule has 2 N–H and O–H groups in total. The van der Waals surface area contributed by atoms with Gasteiger partial charge in [-0.3, -0.25) is 4.79 Å². The van der Waals surface area contributed by atoms with E-state index in [2.05, 4.69) is 5.32 Å². The number of carbonyl (C=O) groups excluding carboxylic acids is 1. The second kappa shape index (κ2) is 6.17. The van der Waals surface area contributed by atoms with Gasteiger partial charge in [0.2, 0.25) is 0 Å². The number of halogens is 3. The molecule has 2 rings (SSSR count). The van der Waals surface area contributed by atoms with Crippen molar-refractivity contribution in [1.82, 2.24) is 5.32 Å². The van der Waals surface area contributed by atoms with Gasteiger partial charge in [-0.1, -0.05) is 0 Å². The number of piperidine rings is 1. The minimum absolute atomic E-state index is 0.481. The minimum atomic E-state index is -5.08. The summed E-state index contributed by atoms with van der Waals surface area (Å²) in [6.07, 6.45) is -0.943. The predicted octanol–water partition coefficient (Wildman–Crippen LogP) is 1.60. The minimum Gasteiger partial charge on any atom is -0.475 e. The molecule has 0 spiro atoms. The molecule has 0 radical (unpaired) electrons. The zero-order chi connectivity index (χ0) is 13.8. The van der Waals surface area contributed by atoms with E-state index in [0.29, 0.717) is 11.7 Å². The van der Waals surface area contributed by atoms with Gasteiger partial charge in [-0.25, -0.2) is 4.79 Å². The van der Waals surface area contributed by atoms with Gasteiger partial charge in [-0.2, -0.15) is 13.2 Å². The first-order valence-corrected chi connectivity index (χ1v) is 5.83. The Morgan fingerprint density at radius 2 is 1.89 bits per heavy atom. The summed E-state index contributed by atoms with van der Waals surface area (Å²) in [5.41, 5.74) is 0. The van der Waals surface area contributed by atoms with Crippen LogP contribution in [0.25, 0.3) is 0 Å². The Bertz CT molecular complexity index is 317. The number of nitrogens with one attached hydrogen (secondary N) is 1. The maximum atomic E-state index is 11.1. The molecule has 1 aliphatic heterocycles. The molecule has 18 heavy (non-hydrogen) atoms. The van der Waals surface area contributed by atoms with Gasteiger partial charge in [0, 0.05) is 12.8 Å². The van der Waals surface area contributed by atoms with Crippen molar-refractivity contribution in [2.45, 2.75) is 31.9 Å². The highest BCUT2D eigenvalue weighted by molar-refractivity contribution is 5.79. The maximum absolute atomic E-state index is 11.1. The number of hydrogen-bond acceptors (Lipinski definition) is 3. The van der Waals surface area contributed by atoms with Crippen LogP contribution in [0.4, 0.5) is 13.2 Å². The molecule has 1 saturated carbocycles. The number of carboxylic acids is 1. The van der Waals surface area contributed by atoms with Crippen LogP contribution >= 0.6 is 0 Å². The van der Waals surface area contributed by atoms with E-state index in [1.165, 1.54) is 6.42 Å². The molecule has 0 aromatic rings. The van der Waals surface area contributed by atoms with E-state index < -0.39 is 12.1 Å². The zero-order valence-corrected chi connectivity index (χ0v) is 9.79. The number of aliphatic carboxylic acids is 1. The Labute approximate surface area is 103 Å². The van der Waals surface area contributed by atoms with Crippen LogP contribution in [0.1, 0.15) is 25.7 Å². The highest BCUT2D eigenvalue weighted by atomic mass is 19.4. The Morgan fingerprint density at radius 3 is 2.44 bits per heavy atom. The first kappa shape index (κ1) is 14.9. The van der Waals surface area contributed by atoms with Gasteiger partial charge >= 0.3 is 12.1 Å². The van der Waals surface area contributed by atoms with Crippen LogP contribution in [0.15, 0.2) is 0 Å². The largest absolute Gasteiger partial charge is 0.490 e. The number of carbonyl (C=O) groups is 2. The lowest BCUT2D eigenvalue weighted by Gasteiger charge is -2.35. The lowest BCUT2D eigenvalue weighted by Crippen LogP contribution is -2.40. The molecule has 1 aliphatic carbocycles. The molecule has 0 aromatic heterocycles. The van der Waals surface area contributed by atoms with E-state index >= 15 is 0 Å². The molecule has 2 aliphatic rings. The third-order valence-electron chi connectivity index (χ3n) is 3.29. The van der Waals surface area contributed by atoms with Gasteiger partial charge in [-0.05, 0) is 37.8 Å². The quantitative estimate of drug-likeness (QED) is 0.699. The summed E-state index contributed by atoms with van der Waals surface area (Å²) in [7, 11) is 0. The third-order valence-corrected chi connectivity index (χ3v) is 3.29. The lowest BCUT2D eigenvalue weighted by atomic mass is 9.75. The topological polar surface area (TPSA) is 66.4 Å². The van der Waals surface area contributed by atoms with E-state index in [1.807, 2.05) is 0 Å². The summed E-state index contributed by atoms with van der Waals surface area (Å²) in [6.45, 7) is 2.24. The van der Waals surface area contributed by atoms with Crippen LogP contribution in [-0.4, -0.2) is 36.1 Å². The molecule has 7 heteroatoms. The van der Waals surface area contributed by atoms with Crippen molar-refractivity contribution < 1.29 is 27.9 Å². The first-order chi connectivity index (χ1) is 8.30. The Balaban J connectivity index is 0.000000203.